The molecule has 106 valence electrons. The second kappa shape index (κ2) is 4.23. The van der Waals surface area contributed by atoms with Gasteiger partial charge in [-0.15, -0.1) is 0 Å². The Morgan fingerprint density at radius 1 is 1.16 bits per heavy atom. The average Bonchev–Trinajstić information content (AvgIpc) is 2.40. The molecule has 0 saturated carbocycles. The van der Waals surface area contributed by atoms with Crippen molar-refractivity contribution in [3.8, 4) is 0 Å². The summed E-state index contributed by atoms with van der Waals surface area (Å²) in [6.07, 6.45) is 10.7. The van der Waals surface area contributed by atoms with Gasteiger partial charge in [0.25, 0.3) is 0 Å². The molecule has 3 nitrogen and oxygen atoms in total. The molecule has 0 aromatic carbocycles. The predicted octanol–water partition coefficient (Wildman–Crippen LogP) is 1.83. The van der Waals surface area contributed by atoms with Crippen molar-refractivity contribution >= 4 is 0 Å². The van der Waals surface area contributed by atoms with Gasteiger partial charge in [-0.2, -0.15) is 0 Å². The highest BCUT2D eigenvalue weighted by molar-refractivity contribution is 5.12. The minimum atomic E-state index is -0.591. The zero-order chi connectivity index (χ0) is 13.0. The fourth-order valence-corrected chi connectivity index (χ4v) is 5.05. The molecule has 5 atom stereocenters. The van der Waals surface area contributed by atoms with Crippen molar-refractivity contribution in [2.45, 2.75) is 56.7 Å². The molecule has 2 bridgehead atoms. The van der Waals surface area contributed by atoms with E-state index in [4.69, 9.17) is 0 Å². The molecule has 1 N–H and O–H groups in total. The van der Waals surface area contributed by atoms with Crippen LogP contribution in [0.5, 0.6) is 0 Å². The van der Waals surface area contributed by atoms with Gasteiger partial charge < -0.3 is 10.0 Å². The van der Waals surface area contributed by atoms with Crippen LogP contribution in [0.1, 0.15) is 39.0 Å². The molecule has 0 unspecified atom stereocenters. The second-order valence-corrected chi connectivity index (χ2v) is 7.46. The first-order valence-electron chi connectivity index (χ1n) is 8.04. The zero-order valence-electron chi connectivity index (χ0n) is 12.0. The van der Waals surface area contributed by atoms with E-state index in [0.29, 0.717) is 6.04 Å². The summed E-state index contributed by atoms with van der Waals surface area (Å²) >= 11 is 0. The maximum Gasteiger partial charge on any atom is 0.0836 e. The fourth-order valence-electron chi connectivity index (χ4n) is 5.05. The molecule has 0 spiro atoms. The summed E-state index contributed by atoms with van der Waals surface area (Å²) in [5.41, 5.74) is -0.591. The van der Waals surface area contributed by atoms with Crippen molar-refractivity contribution in [2.24, 2.45) is 11.8 Å². The quantitative estimate of drug-likeness (QED) is 0.721. The highest BCUT2D eigenvalue weighted by Gasteiger charge is 2.47. The molecule has 4 aliphatic heterocycles. The number of aliphatic hydroxyl groups is 1. The van der Waals surface area contributed by atoms with Crippen LogP contribution in [-0.4, -0.2) is 52.2 Å². The Kier molecular flexibility index (Phi) is 2.72. The van der Waals surface area contributed by atoms with E-state index < -0.39 is 5.60 Å². The first-order chi connectivity index (χ1) is 9.12. The summed E-state index contributed by atoms with van der Waals surface area (Å²) in [4.78, 5) is 5.31. The number of piperidine rings is 3. The lowest BCUT2D eigenvalue weighted by atomic mass is 9.70. The third-order valence-electron chi connectivity index (χ3n) is 5.95. The Morgan fingerprint density at radius 3 is 2.89 bits per heavy atom. The molecule has 3 fully saturated rings. The van der Waals surface area contributed by atoms with E-state index >= 15 is 0 Å². The summed E-state index contributed by atoms with van der Waals surface area (Å²) in [6, 6.07) is 1.42. The fraction of sp³-hybridized carbons (Fsp3) is 0.875. The van der Waals surface area contributed by atoms with E-state index in [1.54, 1.807) is 0 Å². The molecule has 0 aromatic heterocycles. The van der Waals surface area contributed by atoms with Crippen LogP contribution in [0.2, 0.25) is 0 Å². The van der Waals surface area contributed by atoms with Gasteiger partial charge in [-0.05, 0) is 56.8 Å². The lowest BCUT2D eigenvalue weighted by Crippen LogP contribution is -2.63. The molecule has 0 aromatic rings. The molecule has 0 radical (unpaired) electrons. The van der Waals surface area contributed by atoms with Crippen molar-refractivity contribution in [3.05, 3.63) is 12.3 Å². The molecule has 3 heteroatoms. The third-order valence-corrected chi connectivity index (χ3v) is 5.95. The Labute approximate surface area is 116 Å². The Morgan fingerprint density at radius 2 is 2.00 bits per heavy atom. The number of fused-ring (bicyclic) bond motifs is 6. The lowest BCUT2D eigenvalue weighted by Gasteiger charge is -2.57. The van der Waals surface area contributed by atoms with Gasteiger partial charge in [0, 0.05) is 31.6 Å². The number of hydrogen-bond donors (Lipinski definition) is 1. The lowest BCUT2D eigenvalue weighted by molar-refractivity contribution is -0.0699. The van der Waals surface area contributed by atoms with Crippen LogP contribution in [-0.2, 0) is 0 Å². The average molecular weight is 262 g/mol. The van der Waals surface area contributed by atoms with Gasteiger partial charge in [-0.1, -0.05) is 6.42 Å². The van der Waals surface area contributed by atoms with E-state index in [-0.39, 0.29) is 0 Å². The van der Waals surface area contributed by atoms with E-state index in [2.05, 4.69) is 16.0 Å². The number of nitrogens with zero attached hydrogens (tertiary/aromatic N) is 2. The van der Waals surface area contributed by atoms with Crippen LogP contribution in [0.4, 0.5) is 0 Å². The van der Waals surface area contributed by atoms with Gasteiger partial charge in [-0.25, -0.2) is 0 Å². The van der Waals surface area contributed by atoms with Crippen LogP contribution in [0.15, 0.2) is 12.3 Å². The number of hydrogen-bond acceptors (Lipinski definition) is 3. The molecule has 19 heavy (non-hydrogen) atoms. The minimum Gasteiger partial charge on any atom is -0.386 e. The Hall–Kier alpha value is -0.540. The molecule has 4 heterocycles. The normalized spacial score (nSPS) is 49.7. The van der Waals surface area contributed by atoms with E-state index in [9.17, 15) is 5.11 Å². The van der Waals surface area contributed by atoms with Gasteiger partial charge in [0.2, 0.25) is 0 Å². The zero-order valence-corrected chi connectivity index (χ0v) is 12.0. The topological polar surface area (TPSA) is 26.7 Å². The van der Waals surface area contributed by atoms with Crippen molar-refractivity contribution < 1.29 is 5.11 Å². The van der Waals surface area contributed by atoms with Crippen LogP contribution < -0.4 is 0 Å². The summed E-state index contributed by atoms with van der Waals surface area (Å²) in [6.45, 7) is 5.76. The first-order valence-corrected chi connectivity index (χ1v) is 8.04. The van der Waals surface area contributed by atoms with E-state index in [1.807, 2.05) is 13.0 Å². The minimum absolute atomic E-state index is 0.569. The van der Waals surface area contributed by atoms with E-state index in [1.165, 1.54) is 45.3 Å². The van der Waals surface area contributed by atoms with E-state index in [0.717, 1.165) is 24.3 Å². The van der Waals surface area contributed by atoms with Crippen molar-refractivity contribution in [1.82, 2.24) is 9.80 Å². The summed E-state index contributed by atoms with van der Waals surface area (Å²) in [5, 5.41) is 10.3. The molecule has 0 amide bonds. The van der Waals surface area contributed by atoms with Crippen molar-refractivity contribution in [3.63, 3.8) is 0 Å². The summed E-state index contributed by atoms with van der Waals surface area (Å²) < 4.78 is 0. The standard InChI is InChI=1S/C16H26N2O/c1-16(19)5-7-18-10-12-8-13(15(18)9-16)11-17-6-3-2-4-14(12)17/h5,7,12-15,19H,2-4,6,8-11H2,1H3/t12-,13-,14-,15+,16-/m1/s1. The maximum absolute atomic E-state index is 10.3. The summed E-state index contributed by atoms with van der Waals surface area (Å²) in [5.74, 6) is 1.63. The maximum atomic E-state index is 10.3. The van der Waals surface area contributed by atoms with Crippen LogP contribution in [0.25, 0.3) is 0 Å². The summed E-state index contributed by atoms with van der Waals surface area (Å²) in [7, 11) is 0. The molecule has 4 rings (SSSR count). The van der Waals surface area contributed by atoms with Gasteiger partial charge in [0.05, 0.1) is 5.60 Å². The van der Waals surface area contributed by atoms with Crippen LogP contribution in [0, 0.1) is 11.8 Å². The Balaban J connectivity index is 1.59. The third kappa shape index (κ3) is 2.02. The molecule has 0 aliphatic carbocycles. The molecular weight excluding hydrogens is 236 g/mol. The highest BCUT2D eigenvalue weighted by atomic mass is 16.3. The Bertz CT molecular complexity index is 392. The van der Waals surface area contributed by atoms with Crippen molar-refractivity contribution in [2.75, 3.05) is 19.6 Å². The smallest absolute Gasteiger partial charge is 0.0836 e. The molecule has 4 aliphatic rings. The largest absolute Gasteiger partial charge is 0.386 e. The van der Waals surface area contributed by atoms with Gasteiger partial charge >= 0.3 is 0 Å². The monoisotopic (exact) mass is 262 g/mol. The van der Waals surface area contributed by atoms with Gasteiger partial charge in [0.1, 0.15) is 0 Å². The second-order valence-electron chi connectivity index (χ2n) is 7.46. The highest BCUT2D eigenvalue weighted by Crippen LogP contribution is 2.43. The molecular formula is C16H26N2O. The van der Waals surface area contributed by atoms with Gasteiger partial charge in [0.15, 0.2) is 0 Å². The van der Waals surface area contributed by atoms with Gasteiger partial charge in [-0.3, -0.25) is 4.90 Å². The predicted molar refractivity (Wildman–Crippen MR) is 75.7 cm³/mol. The first kappa shape index (κ1) is 12.2. The SMILES string of the molecule is C[C@@]1(O)C=CN2C[C@H]3C[C@H](CN4CCCC[C@H]34)[C@@H]2C1. The van der Waals surface area contributed by atoms with Crippen LogP contribution >= 0.6 is 0 Å². The number of rotatable bonds is 0. The molecule has 3 saturated heterocycles. The van der Waals surface area contributed by atoms with Crippen LogP contribution in [0.3, 0.4) is 0 Å². The van der Waals surface area contributed by atoms with Crippen molar-refractivity contribution in [1.29, 1.82) is 0 Å².